The predicted octanol–water partition coefficient (Wildman–Crippen LogP) is 1.93. The number of esters is 3. The molecule has 1 aliphatic heterocycles. The van der Waals surface area contributed by atoms with Gasteiger partial charge in [0.2, 0.25) is 0 Å². The Hall–Kier alpha value is -3.79. The Morgan fingerprint density at radius 1 is 0.882 bits per heavy atom. The number of hydrogen-bond donors (Lipinski definition) is 0. The van der Waals surface area contributed by atoms with Gasteiger partial charge in [-0.2, -0.15) is 0 Å². The quantitative estimate of drug-likeness (QED) is 0.246. The Morgan fingerprint density at radius 3 is 1.91 bits per heavy atom. The van der Waals surface area contributed by atoms with Crippen molar-refractivity contribution in [3.05, 3.63) is 47.5 Å². The summed E-state index contributed by atoms with van der Waals surface area (Å²) in [7, 11) is 1.06. The molecule has 10 nitrogen and oxygen atoms in total. The Labute approximate surface area is 195 Å². The van der Waals surface area contributed by atoms with Gasteiger partial charge in [-0.1, -0.05) is 24.3 Å². The van der Waals surface area contributed by atoms with Gasteiger partial charge in [0.25, 0.3) is 11.8 Å². The van der Waals surface area contributed by atoms with Crippen molar-refractivity contribution in [1.29, 1.82) is 0 Å². The Morgan fingerprint density at radius 2 is 1.41 bits per heavy atom. The molecule has 2 aromatic carbocycles. The number of hydrogen-bond acceptors (Lipinski definition) is 9. The van der Waals surface area contributed by atoms with Gasteiger partial charge in [-0.25, -0.2) is 0 Å². The molecule has 0 saturated heterocycles. The fourth-order valence-corrected chi connectivity index (χ4v) is 4.13. The lowest BCUT2D eigenvalue weighted by Gasteiger charge is -2.41. The first-order valence-corrected chi connectivity index (χ1v) is 10.8. The van der Waals surface area contributed by atoms with Crippen LogP contribution in [0.3, 0.4) is 0 Å². The summed E-state index contributed by atoms with van der Waals surface area (Å²) in [5.74, 6) is -7.77. The molecule has 0 bridgehead atoms. The van der Waals surface area contributed by atoms with Crippen LogP contribution in [0.2, 0.25) is 0 Å². The topological polar surface area (TPSA) is 126 Å². The first-order valence-electron chi connectivity index (χ1n) is 10.8. The largest absolute Gasteiger partial charge is 0.465 e. The number of rotatable bonds is 8. The highest BCUT2D eigenvalue weighted by Crippen LogP contribution is 2.44. The molecule has 1 heterocycles. The minimum absolute atomic E-state index is 0.105. The van der Waals surface area contributed by atoms with Crippen LogP contribution in [0.4, 0.5) is 0 Å². The van der Waals surface area contributed by atoms with E-state index in [-0.39, 0.29) is 30.9 Å². The molecule has 180 valence electrons. The van der Waals surface area contributed by atoms with Crippen LogP contribution in [0.1, 0.15) is 36.7 Å². The van der Waals surface area contributed by atoms with Crippen LogP contribution in [-0.4, -0.2) is 61.7 Å². The van der Waals surface area contributed by atoms with Gasteiger partial charge >= 0.3 is 17.9 Å². The maximum Gasteiger partial charge on any atom is 0.327 e. The zero-order valence-corrected chi connectivity index (χ0v) is 19.3. The third-order valence-corrected chi connectivity index (χ3v) is 5.50. The minimum atomic E-state index is -2.63. The second kappa shape index (κ2) is 10.0. The van der Waals surface area contributed by atoms with E-state index in [1.54, 1.807) is 24.3 Å². The molecule has 1 atom stereocenters. The van der Waals surface area contributed by atoms with Crippen molar-refractivity contribution in [3.63, 3.8) is 0 Å². The Bertz CT molecular complexity index is 1140. The standard InChI is InChI=1S/C24H25NO9/c1-5-32-20(27)18(21(28)33-6-2)24(23(30)34-7-3)17-13-15-11-9-8-10-14(15)12-16(17)19(26)25(31-4)22(24)29/h8-13,18H,5-7H2,1-4H3. The van der Waals surface area contributed by atoms with Crippen LogP contribution in [0.15, 0.2) is 36.4 Å². The number of benzene rings is 2. The van der Waals surface area contributed by atoms with Gasteiger partial charge in [0.15, 0.2) is 11.3 Å². The lowest BCUT2D eigenvalue weighted by molar-refractivity contribution is -0.190. The number of carbonyl (C=O) groups excluding carboxylic acids is 5. The highest BCUT2D eigenvalue weighted by Gasteiger charge is 2.67. The van der Waals surface area contributed by atoms with E-state index in [1.165, 1.54) is 32.9 Å². The van der Waals surface area contributed by atoms with Crippen molar-refractivity contribution in [1.82, 2.24) is 5.06 Å². The molecule has 0 spiro atoms. The van der Waals surface area contributed by atoms with E-state index < -0.39 is 41.1 Å². The smallest absolute Gasteiger partial charge is 0.327 e. The lowest BCUT2D eigenvalue weighted by Crippen LogP contribution is -2.64. The molecule has 10 heteroatoms. The summed E-state index contributed by atoms with van der Waals surface area (Å²) in [5.41, 5.74) is -2.90. The van der Waals surface area contributed by atoms with Gasteiger partial charge in [-0.15, -0.1) is 5.06 Å². The van der Waals surface area contributed by atoms with E-state index >= 15 is 0 Å². The number of nitrogens with zero attached hydrogens (tertiary/aromatic N) is 1. The average Bonchev–Trinajstić information content (AvgIpc) is 2.81. The molecule has 2 amide bonds. The Balaban J connectivity index is 2.49. The normalized spacial score (nSPS) is 17.5. The number of amides is 2. The van der Waals surface area contributed by atoms with E-state index in [4.69, 9.17) is 19.0 Å². The maximum atomic E-state index is 13.8. The lowest BCUT2D eigenvalue weighted by atomic mass is 9.65. The molecule has 0 fully saturated rings. The van der Waals surface area contributed by atoms with Crippen molar-refractivity contribution in [2.75, 3.05) is 26.9 Å². The zero-order valence-electron chi connectivity index (χ0n) is 19.3. The van der Waals surface area contributed by atoms with E-state index in [1.807, 2.05) is 0 Å². The van der Waals surface area contributed by atoms with Crippen LogP contribution >= 0.6 is 0 Å². The van der Waals surface area contributed by atoms with Crippen LogP contribution in [0.25, 0.3) is 10.8 Å². The summed E-state index contributed by atoms with van der Waals surface area (Å²) >= 11 is 0. The summed E-state index contributed by atoms with van der Waals surface area (Å²) in [6.07, 6.45) is 0. The minimum Gasteiger partial charge on any atom is -0.465 e. The fraction of sp³-hybridized carbons (Fsp3) is 0.375. The SMILES string of the molecule is CCOC(=O)C(C(=O)OCC)C1(C(=O)OCC)C(=O)N(OC)C(=O)c2cc3ccccc3cc21. The number of ether oxygens (including phenoxy) is 3. The molecular formula is C24H25NO9. The van der Waals surface area contributed by atoms with Gasteiger partial charge in [0.1, 0.15) is 0 Å². The molecule has 0 N–H and O–H groups in total. The predicted molar refractivity (Wildman–Crippen MR) is 117 cm³/mol. The third-order valence-electron chi connectivity index (χ3n) is 5.50. The number of fused-ring (bicyclic) bond motifs is 2. The monoisotopic (exact) mass is 471 g/mol. The van der Waals surface area contributed by atoms with Gasteiger partial charge in [0, 0.05) is 5.56 Å². The highest BCUT2D eigenvalue weighted by atomic mass is 16.7. The zero-order chi connectivity index (χ0) is 25.0. The van der Waals surface area contributed by atoms with Gasteiger partial charge in [-0.05, 0) is 49.2 Å². The molecule has 0 aromatic heterocycles. The van der Waals surface area contributed by atoms with Crippen molar-refractivity contribution < 1.29 is 43.0 Å². The third kappa shape index (κ3) is 3.79. The molecule has 2 aromatic rings. The molecule has 34 heavy (non-hydrogen) atoms. The number of carbonyl (C=O) groups is 5. The summed E-state index contributed by atoms with van der Waals surface area (Å²) in [5, 5.41) is 1.54. The van der Waals surface area contributed by atoms with E-state index in [2.05, 4.69) is 0 Å². The molecule has 0 aliphatic carbocycles. The van der Waals surface area contributed by atoms with Crippen LogP contribution < -0.4 is 0 Å². The second-order valence-electron chi connectivity index (χ2n) is 7.30. The van der Waals surface area contributed by atoms with E-state index in [0.717, 1.165) is 7.11 Å². The van der Waals surface area contributed by atoms with Gasteiger partial charge in [0.05, 0.1) is 26.9 Å². The summed E-state index contributed by atoms with van der Waals surface area (Å²) in [4.78, 5) is 71.9. The van der Waals surface area contributed by atoms with Gasteiger partial charge < -0.3 is 14.2 Å². The van der Waals surface area contributed by atoms with Crippen molar-refractivity contribution in [2.45, 2.75) is 26.2 Å². The molecule has 3 rings (SSSR count). The van der Waals surface area contributed by atoms with Crippen LogP contribution in [0, 0.1) is 5.92 Å². The number of imide groups is 1. The molecule has 1 unspecified atom stereocenters. The molecule has 1 aliphatic rings. The highest BCUT2D eigenvalue weighted by molar-refractivity contribution is 6.25. The Kier molecular flexibility index (Phi) is 7.31. The summed E-state index contributed by atoms with van der Waals surface area (Å²) in [6.45, 7) is 4.07. The molecule has 0 radical (unpaired) electrons. The van der Waals surface area contributed by atoms with E-state index in [0.29, 0.717) is 15.8 Å². The molecular weight excluding hydrogens is 446 g/mol. The molecule has 0 saturated carbocycles. The van der Waals surface area contributed by atoms with Crippen molar-refractivity contribution >= 4 is 40.5 Å². The average molecular weight is 471 g/mol. The first-order chi connectivity index (χ1) is 16.3. The summed E-state index contributed by atoms with van der Waals surface area (Å²) in [6, 6.07) is 9.80. The first kappa shape index (κ1) is 24.8. The van der Waals surface area contributed by atoms with Crippen molar-refractivity contribution in [2.24, 2.45) is 5.92 Å². The second-order valence-corrected chi connectivity index (χ2v) is 7.30. The van der Waals surface area contributed by atoms with Crippen LogP contribution in [-0.2, 0) is 43.6 Å². The van der Waals surface area contributed by atoms with Crippen molar-refractivity contribution in [3.8, 4) is 0 Å². The van der Waals surface area contributed by atoms with Gasteiger partial charge in [-0.3, -0.25) is 28.8 Å². The van der Waals surface area contributed by atoms with E-state index in [9.17, 15) is 24.0 Å². The maximum absolute atomic E-state index is 13.8. The fourth-order valence-electron chi connectivity index (χ4n) is 4.13. The van der Waals surface area contributed by atoms with Crippen LogP contribution in [0.5, 0.6) is 0 Å². The summed E-state index contributed by atoms with van der Waals surface area (Å²) < 4.78 is 15.4. The number of hydroxylamine groups is 2.